The Morgan fingerprint density at radius 3 is 3.13 bits per heavy atom. The Bertz CT molecular complexity index is 435. The summed E-state index contributed by atoms with van der Waals surface area (Å²) in [4.78, 5) is 4.65. The average molecular weight is 198 g/mol. The van der Waals surface area contributed by atoms with E-state index in [1.54, 1.807) is 0 Å². The molecule has 2 nitrogen and oxygen atoms in total. The van der Waals surface area contributed by atoms with Crippen LogP contribution in [0.2, 0.25) is 0 Å². The zero-order valence-electron chi connectivity index (χ0n) is 8.77. The largest absolute Gasteiger partial charge is 0.366 e. The number of allylic oxidation sites excluding steroid dienone is 5. The molecule has 0 saturated heterocycles. The Kier molecular flexibility index (Phi) is 1.88. The van der Waals surface area contributed by atoms with Gasteiger partial charge in [0.2, 0.25) is 0 Å². The van der Waals surface area contributed by atoms with E-state index >= 15 is 0 Å². The van der Waals surface area contributed by atoms with Gasteiger partial charge < -0.3 is 5.32 Å². The van der Waals surface area contributed by atoms with Crippen molar-refractivity contribution in [3.63, 3.8) is 0 Å². The van der Waals surface area contributed by atoms with E-state index in [-0.39, 0.29) is 0 Å². The minimum absolute atomic E-state index is 0.397. The molecule has 1 aliphatic heterocycles. The molecule has 0 radical (unpaired) electrons. The van der Waals surface area contributed by atoms with E-state index in [4.69, 9.17) is 0 Å². The molecule has 3 aliphatic rings. The molecular weight excluding hydrogens is 184 g/mol. The third-order valence-electron chi connectivity index (χ3n) is 3.13. The third-order valence-corrected chi connectivity index (χ3v) is 3.13. The van der Waals surface area contributed by atoms with Crippen molar-refractivity contribution in [2.45, 2.75) is 19.4 Å². The van der Waals surface area contributed by atoms with Gasteiger partial charge in [-0.2, -0.15) is 0 Å². The maximum absolute atomic E-state index is 4.65. The first kappa shape index (κ1) is 8.72. The van der Waals surface area contributed by atoms with Crippen LogP contribution in [0.25, 0.3) is 0 Å². The van der Waals surface area contributed by atoms with Crippen molar-refractivity contribution in [2.75, 3.05) is 0 Å². The van der Waals surface area contributed by atoms with Crippen LogP contribution in [0, 0.1) is 5.92 Å². The van der Waals surface area contributed by atoms with Crippen molar-refractivity contribution in [1.82, 2.24) is 5.32 Å². The van der Waals surface area contributed by atoms with Gasteiger partial charge in [0.25, 0.3) is 0 Å². The van der Waals surface area contributed by atoms with Crippen LogP contribution in [0.15, 0.2) is 52.7 Å². The summed E-state index contributed by atoms with van der Waals surface area (Å²) in [6, 6.07) is 0.397. The van der Waals surface area contributed by atoms with Crippen LogP contribution in [0.1, 0.15) is 13.3 Å². The molecule has 0 aromatic heterocycles. The summed E-state index contributed by atoms with van der Waals surface area (Å²) in [5, 5.41) is 3.48. The Hall–Kier alpha value is -1.57. The minimum Gasteiger partial charge on any atom is -0.366 e. The number of rotatable bonds is 1. The smallest absolute Gasteiger partial charge is 0.102 e. The first-order chi connectivity index (χ1) is 7.38. The standard InChI is InChI=1S/C13H14N2/c1-2-12-14-10-7-3-5-9-6-4-8-11(15-12)13(9)10/h3-8,10,13H,2H2,1H3,(H,14,15). The molecule has 0 bridgehead atoms. The second-order valence-electron chi connectivity index (χ2n) is 4.06. The number of amidine groups is 1. The number of aliphatic imine (C=N–C) groups is 1. The third kappa shape index (κ3) is 1.29. The van der Waals surface area contributed by atoms with Crippen LogP contribution < -0.4 is 5.32 Å². The quantitative estimate of drug-likeness (QED) is 0.687. The second kappa shape index (κ2) is 3.23. The molecule has 0 saturated carbocycles. The minimum atomic E-state index is 0.397. The number of nitrogens with zero attached hydrogens (tertiary/aromatic N) is 1. The normalized spacial score (nSPS) is 31.1. The van der Waals surface area contributed by atoms with Crippen LogP contribution in [-0.2, 0) is 0 Å². The molecule has 0 spiro atoms. The lowest BCUT2D eigenvalue weighted by molar-refractivity contribution is 0.545. The fraction of sp³-hybridized carbons (Fsp3) is 0.308. The van der Waals surface area contributed by atoms with Crippen LogP contribution in [-0.4, -0.2) is 11.9 Å². The molecular formula is C13H14N2. The summed E-state index contributed by atoms with van der Waals surface area (Å²) >= 11 is 0. The molecule has 0 fully saturated rings. The fourth-order valence-corrected chi connectivity index (χ4v) is 2.38. The van der Waals surface area contributed by atoms with Gasteiger partial charge in [0, 0.05) is 6.42 Å². The van der Waals surface area contributed by atoms with E-state index in [9.17, 15) is 0 Å². The van der Waals surface area contributed by atoms with Gasteiger partial charge in [-0.3, -0.25) is 0 Å². The second-order valence-corrected chi connectivity index (χ2v) is 4.06. The molecule has 1 N–H and O–H groups in total. The summed E-state index contributed by atoms with van der Waals surface area (Å²) in [5.41, 5.74) is 2.57. The van der Waals surface area contributed by atoms with E-state index in [1.807, 2.05) is 0 Å². The lowest BCUT2D eigenvalue weighted by atomic mass is 9.81. The van der Waals surface area contributed by atoms with Crippen molar-refractivity contribution >= 4 is 5.84 Å². The summed E-state index contributed by atoms with van der Waals surface area (Å²) in [7, 11) is 0. The predicted molar refractivity (Wildman–Crippen MR) is 62.6 cm³/mol. The first-order valence-electron chi connectivity index (χ1n) is 5.49. The van der Waals surface area contributed by atoms with Crippen LogP contribution in [0.3, 0.4) is 0 Å². The molecule has 2 unspecified atom stereocenters. The highest BCUT2D eigenvalue weighted by Gasteiger charge is 2.32. The van der Waals surface area contributed by atoms with Gasteiger partial charge in [0.15, 0.2) is 0 Å². The highest BCUT2D eigenvalue weighted by atomic mass is 15.1. The van der Waals surface area contributed by atoms with Gasteiger partial charge in [-0.15, -0.1) is 0 Å². The predicted octanol–water partition coefficient (Wildman–Crippen LogP) is 2.33. The lowest BCUT2D eigenvalue weighted by Gasteiger charge is -2.35. The van der Waals surface area contributed by atoms with Gasteiger partial charge in [0.05, 0.1) is 17.7 Å². The molecule has 2 aliphatic carbocycles. The molecule has 15 heavy (non-hydrogen) atoms. The molecule has 0 amide bonds. The molecule has 2 heteroatoms. The van der Waals surface area contributed by atoms with E-state index < -0.39 is 0 Å². The van der Waals surface area contributed by atoms with Crippen molar-refractivity contribution in [2.24, 2.45) is 10.9 Å². The highest BCUT2D eigenvalue weighted by Crippen LogP contribution is 2.34. The van der Waals surface area contributed by atoms with Crippen molar-refractivity contribution in [3.05, 3.63) is 47.7 Å². The van der Waals surface area contributed by atoms with Gasteiger partial charge in [0.1, 0.15) is 5.84 Å². The topological polar surface area (TPSA) is 24.4 Å². The summed E-state index contributed by atoms with van der Waals surface area (Å²) in [5.74, 6) is 1.53. The van der Waals surface area contributed by atoms with E-state index in [0.717, 1.165) is 12.3 Å². The number of hydrogen-bond acceptors (Lipinski definition) is 2. The van der Waals surface area contributed by atoms with E-state index in [2.05, 4.69) is 53.7 Å². The Labute approximate surface area is 89.8 Å². The van der Waals surface area contributed by atoms with E-state index in [0.29, 0.717) is 12.0 Å². The van der Waals surface area contributed by atoms with Crippen molar-refractivity contribution < 1.29 is 0 Å². The van der Waals surface area contributed by atoms with Crippen LogP contribution >= 0.6 is 0 Å². The molecule has 2 atom stereocenters. The molecule has 0 aromatic rings. The molecule has 3 rings (SSSR count). The van der Waals surface area contributed by atoms with Gasteiger partial charge in [-0.25, -0.2) is 4.99 Å². The summed E-state index contributed by atoms with van der Waals surface area (Å²) < 4.78 is 0. The van der Waals surface area contributed by atoms with Gasteiger partial charge >= 0.3 is 0 Å². The van der Waals surface area contributed by atoms with Crippen molar-refractivity contribution in [1.29, 1.82) is 0 Å². The maximum Gasteiger partial charge on any atom is 0.102 e. The lowest BCUT2D eigenvalue weighted by Crippen LogP contribution is -2.44. The Balaban J connectivity index is 2.09. The molecule has 0 aromatic carbocycles. The summed E-state index contributed by atoms with van der Waals surface area (Å²) in [6.45, 7) is 2.13. The van der Waals surface area contributed by atoms with E-state index in [1.165, 1.54) is 11.3 Å². The molecule has 1 heterocycles. The Morgan fingerprint density at radius 1 is 1.33 bits per heavy atom. The number of hydrogen-bond donors (Lipinski definition) is 1. The molecule has 76 valence electrons. The highest BCUT2D eigenvalue weighted by molar-refractivity contribution is 5.85. The van der Waals surface area contributed by atoms with Crippen LogP contribution in [0.5, 0.6) is 0 Å². The van der Waals surface area contributed by atoms with Crippen LogP contribution in [0.4, 0.5) is 0 Å². The first-order valence-corrected chi connectivity index (χ1v) is 5.49. The monoisotopic (exact) mass is 198 g/mol. The zero-order valence-corrected chi connectivity index (χ0v) is 8.77. The van der Waals surface area contributed by atoms with Gasteiger partial charge in [-0.1, -0.05) is 37.3 Å². The maximum atomic E-state index is 4.65. The zero-order chi connectivity index (χ0) is 10.3. The van der Waals surface area contributed by atoms with Gasteiger partial charge in [-0.05, 0) is 11.6 Å². The Morgan fingerprint density at radius 2 is 2.27 bits per heavy atom. The fourth-order valence-electron chi connectivity index (χ4n) is 2.38. The average Bonchev–Trinajstić information content (AvgIpc) is 2.29. The van der Waals surface area contributed by atoms with Crippen molar-refractivity contribution in [3.8, 4) is 0 Å². The SMILES string of the molecule is CCC1=NC2=CC=CC3=CC=CC(N1)C32. The summed E-state index contributed by atoms with van der Waals surface area (Å²) in [6.07, 6.45) is 13.9. The number of nitrogens with one attached hydrogen (secondary N) is 1.